The quantitative estimate of drug-likeness (QED) is 0.759. The second kappa shape index (κ2) is 3.75. The summed E-state index contributed by atoms with van der Waals surface area (Å²) in [5.41, 5.74) is 1.74. The molecule has 0 amide bonds. The molecular formula is C9H9ClN4. The van der Waals surface area contributed by atoms with E-state index in [9.17, 15) is 0 Å². The van der Waals surface area contributed by atoms with Gasteiger partial charge in [-0.25, -0.2) is 0 Å². The van der Waals surface area contributed by atoms with E-state index in [1.54, 1.807) is 12.3 Å². The van der Waals surface area contributed by atoms with Gasteiger partial charge in [-0.1, -0.05) is 11.6 Å². The zero-order chi connectivity index (χ0) is 9.97. The van der Waals surface area contributed by atoms with E-state index < -0.39 is 0 Å². The summed E-state index contributed by atoms with van der Waals surface area (Å²) in [5, 5.41) is 12.3. The van der Waals surface area contributed by atoms with Crippen molar-refractivity contribution in [1.29, 1.82) is 0 Å². The van der Waals surface area contributed by atoms with Gasteiger partial charge in [0.1, 0.15) is 0 Å². The molecule has 2 heterocycles. The van der Waals surface area contributed by atoms with Crippen LogP contribution in [-0.4, -0.2) is 20.0 Å². The van der Waals surface area contributed by atoms with Crippen molar-refractivity contribution in [3.63, 3.8) is 0 Å². The number of nitrogens with zero attached hydrogens (tertiary/aromatic N) is 4. The summed E-state index contributed by atoms with van der Waals surface area (Å²) >= 11 is 5.64. The fourth-order valence-corrected chi connectivity index (χ4v) is 1.24. The minimum absolute atomic E-state index is 0.400. The second-order valence-electron chi connectivity index (χ2n) is 2.83. The first-order chi connectivity index (χ1) is 6.79. The molecule has 2 aromatic rings. The van der Waals surface area contributed by atoms with Crippen molar-refractivity contribution < 1.29 is 0 Å². The lowest BCUT2D eigenvalue weighted by Crippen LogP contribution is -1.92. The Morgan fingerprint density at radius 1 is 1.36 bits per heavy atom. The van der Waals surface area contributed by atoms with Crippen LogP contribution < -0.4 is 0 Å². The molecule has 0 aromatic carbocycles. The summed E-state index contributed by atoms with van der Waals surface area (Å²) in [6.07, 6.45) is 3.69. The minimum Gasteiger partial charge on any atom is -0.272 e. The van der Waals surface area contributed by atoms with Crippen LogP contribution in [0.3, 0.4) is 0 Å². The zero-order valence-corrected chi connectivity index (χ0v) is 8.44. The highest BCUT2D eigenvalue weighted by Crippen LogP contribution is 2.15. The maximum Gasteiger partial charge on any atom is 0.151 e. The van der Waals surface area contributed by atoms with Crippen LogP contribution in [0.5, 0.6) is 0 Å². The SMILES string of the molecule is CCn1cc(-c2ccc(Cl)nn2)cn1. The molecule has 4 nitrogen and oxygen atoms in total. The number of hydrogen-bond acceptors (Lipinski definition) is 3. The molecule has 72 valence electrons. The fourth-order valence-electron chi connectivity index (χ4n) is 1.14. The number of aromatic nitrogens is 4. The van der Waals surface area contributed by atoms with Crippen LogP contribution in [0.1, 0.15) is 6.92 Å². The van der Waals surface area contributed by atoms with Gasteiger partial charge in [-0.3, -0.25) is 4.68 Å². The standard InChI is InChI=1S/C9H9ClN4/c1-2-14-6-7(5-11-14)8-3-4-9(10)13-12-8/h3-6H,2H2,1H3. The molecule has 0 fully saturated rings. The van der Waals surface area contributed by atoms with Crippen LogP contribution in [0.25, 0.3) is 11.3 Å². The highest BCUT2D eigenvalue weighted by Gasteiger charge is 2.02. The van der Waals surface area contributed by atoms with Crippen molar-refractivity contribution in [3.05, 3.63) is 29.7 Å². The molecule has 2 aromatic heterocycles. The van der Waals surface area contributed by atoms with E-state index in [1.165, 1.54) is 0 Å². The lowest BCUT2D eigenvalue weighted by atomic mass is 10.2. The average Bonchev–Trinajstić information content (AvgIpc) is 2.67. The molecule has 0 N–H and O–H groups in total. The van der Waals surface area contributed by atoms with E-state index in [0.717, 1.165) is 17.8 Å². The lowest BCUT2D eigenvalue weighted by molar-refractivity contribution is 0.660. The molecule has 0 aliphatic rings. The Morgan fingerprint density at radius 2 is 2.21 bits per heavy atom. The van der Waals surface area contributed by atoms with E-state index in [4.69, 9.17) is 11.6 Å². The Balaban J connectivity index is 2.34. The van der Waals surface area contributed by atoms with Gasteiger partial charge in [-0.2, -0.15) is 5.10 Å². The van der Waals surface area contributed by atoms with Gasteiger partial charge in [0.05, 0.1) is 11.9 Å². The molecule has 5 heteroatoms. The first kappa shape index (κ1) is 9.15. The molecule has 0 spiro atoms. The molecule has 0 aliphatic carbocycles. The highest BCUT2D eigenvalue weighted by atomic mass is 35.5. The Morgan fingerprint density at radius 3 is 2.79 bits per heavy atom. The molecule has 0 saturated carbocycles. The van der Waals surface area contributed by atoms with Crippen molar-refractivity contribution in [2.75, 3.05) is 0 Å². The van der Waals surface area contributed by atoms with Crippen molar-refractivity contribution in [2.45, 2.75) is 13.5 Å². The van der Waals surface area contributed by atoms with Crippen molar-refractivity contribution in [3.8, 4) is 11.3 Å². The van der Waals surface area contributed by atoms with Crippen LogP contribution in [0.2, 0.25) is 5.15 Å². The molecular weight excluding hydrogens is 200 g/mol. The van der Waals surface area contributed by atoms with Crippen LogP contribution >= 0.6 is 11.6 Å². The maximum atomic E-state index is 5.64. The normalized spacial score (nSPS) is 10.4. The minimum atomic E-state index is 0.400. The third kappa shape index (κ3) is 1.75. The van der Waals surface area contributed by atoms with Gasteiger partial charge in [0, 0.05) is 18.3 Å². The summed E-state index contributed by atoms with van der Waals surface area (Å²) in [7, 11) is 0. The van der Waals surface area contributed by atoms with E-state index in [-0.39, 0.29) is 0 Å². The van der Waals surface area contributed by atoms with Crippen molar-refractivity contribution >= 4 is 11.6 Å². The molecule has 0 radical (unpaired) electrons. The monoisotopic (exact) mass is 208 g/mol. The van der Waals surface area contributed by atoms with E-state index in [2.05, 4.69) is 15.3 Å². The fraction of sp³-hybridized carbons (Fsp3) is 0.222. The lowest BCUT2D eigenvalue weighted by Gasteiger charge is -1.94. The zero-order valence-electron chi connectivity index (χ0n) is 7.68. The number of rotatable bonds is 2. The first-order valence-corrected chi connectivity index (χ1v) is 4.69. The molecule has 14 heavy (non-hydrogen) atoms. The topological polar surface area (TPSA) is 43.6 Å². The summed E-state index contributed by atoms with van der Waals surface area (Å²) in [6.45, 7) is 2.88. The van der Waals surface area contributed by atoms with Gasteiger partial charge >= 0.3 is 0 Å². The number of aryl methyl sites for hydroxylation is 1. The largest absolute Gasteiger partial charge is 0.272 e. The van der Waals surface area contributed by atoms with Crippen molar-refractivity contribution in [1.82, 2.24) is 20.0 Å². The Bertz CT molecular complexity index is 421. The van der Waals surface area contributed by atoms with Gasteiger partial charge in [0.15, 0.2) is 5.15 Å². The molecule has 0 aliphatic heterocycles. The number of halogens is 1. The molecule has 0 saturated heterocycles. The average molecular weight is 209 g/mol. The molecule has 0 bridgehead atoms. The first-order valence-electron chi connectivity index (χ1n) is 4.31. The third-order valence-electron chi connectivity index (χ3n) is 1.89. The third-order valence-corrected chi connectivity index (χ3v) is 2.09. The van der Waals surface area contributed by atoms with Crippen LogP contribution in [0.15, 0.2) is 24.5 Å². The molecule has 0 unspecified atom stereocenters. The molecule has 2 rings (SSSR count). The Hall–Kier alpha value is -1.42. The molecule has 0 atom stereocenters. The predicted molar refractivity (Wildman–Crippen MR) is 53.9 cm³/mol. The van der Waals surface area contributed by atoms with Gasteiger partial charge < -0.3 is 0 Å². The van der Waals surface area contributed by atoms with Crippen LogP contribution in [-0.2, 0) is 6.54 Å². The van der Waals surface area contributed by atoms with Gasteiger partial charge in [-0.05, 0) is 19.1 Å². The summed E-state index contributed by atoms with van der Waals surface area (Å²) < 4.78 is 1.84. The van der Waals surface area contributed by atoms with Gasteiger partial charge in [-0.15, -0.1) is 10.2 Å². The maximum absolute atomic E-state index is 5.64. The van der Waals surface area contributed by atoms with Crippen LogP contribution in [0, 0.1) is 0 Å². The van der Waals surface area contributed by atoms with Crippen LogP contribution in [0.4, 0.5) is 0 Å². The second-order valence-corrected chi connectivity index (χ2v) is 3.21. The van der Waals surface area contributed by atoms with Crippen molar-refractivity contribution in [2.24, 2.45) is 0 Å². The van der Waals surface area contributed by atoms with E-state index >= 15 is 0 Å². The Kier molecular flexibility index (Phi) is 2.45. The predicted octanol–water partition coefficient (Wildman–Crippen LogP) is 2.01. The summed E-state index contributed by atoms with van der Waals surface area (Å²) in [6, 6.07) is 3.54. The highest BCUT2D eigenvalue weighted by molar-refractivity contribution is 6.29. The summed E-state index contributed by atoms with van der Waals surface area (Å²) in [5.74, 6) is 0. The van der Waals surface area contributed by atoms with Gasteiger partial charge in [0.2, 0.25) is 0 Å². The Labute approximate surface area is 86.5 Å². The number of hydrogen-bond donors (Lipinski definition) is 0. The summed E-state index contributed by atoms with van der Waals surface area (Å²) in [4.78, 5) is 0. The van der Waals surface area contributed by atoms with Gasteiger partial charge in [0.25, 0.3) is 0 Å². The van der Waals surface area contributed by atoms with E-state index in [0.29, 0.717) is 5.15 Å². The van der Waals surface area contributed by atoms with E-state index in [1.807, 2.05) is 23.9 Å². The smallest absolute Gasteiger partial charge is 0.151 e.